The Hall–Kier alpha value is -1.99. The average Bonchev–Trinajstić information content (AvgIpc) is 2.46. The van der Waals surface area contributed by atoms with Gasteiger partial charge in [-0.05, 0) is 36.1 Å². The molecule has 0 unspecified atom stereocenters. The molecule has 0 atom stereocenters. The predicted molar refractivity (Wildman–Crippen MR) is 81.4 cm³/mol. The highest BCUT2D eigenvalue weighted by molar-refractivity contribution is 7.98. The lowest BCUT2D eigenvalue weighted by Crippen LogP contribution is -2.17. The van der Waals surface area contributed by atoms with Gasteiger partial charge in [0.1, 0.15) is 11.9 Å². The Bertz CT molecular complexity index is 649. The molecule has 0 spiro atoms. The van der Waals surface area contributed by atoms with Crippen molar-refractivity contribution in [1.82, 2.24) is 0 Å². The second-order valence-electron chi connectivity index (χ2n) is 4.45. The molecule has 20 heavy (non-hydrogen) atoms. The van der Waals surface area contributed by atoms with Gasteiger partial charge in [0.2, 0.25) is 0 Å². The van der Waals surface area contributed by atoms with E-state index in [0.717, 1.165) is 16.1 Å². The van der Waals surface area contributed by atoms with Gasteiger partial charge in [0.25, 0.3) is 0 Å². The Morgan fingerprint density at radius 3 is 2.65 bits per heavy atom. The molecular weight excluding hydrogens is 271 g/mol. The zero-order valence-corrected chi connectivity index (χ0v) is 12.2. The summed E-state index contributed by atoms with van der Waals surface area (Å²) in [6.07, 6.45) is 1.95. The van der Waals surface area contributed by atoms with E-state index in [1.165, 1.54) is 12.1 Å². The van der Waals surface area contributed by atoms with E-state index in [4.69, 9.17) is 0 Å². The fourth-order valence-corrected chi connectivity index (χ4v) is 2.68. The minimum Gasteiger partial charge on any atom is -0.369 e. The van der Waals surface area contributed by atoms with Crippen LogP contribution in [0.3, 0.4) is 0 Å². The van der Waals surface area contributed by atoms with E-state index in [0.29, 0.717) is 12.1 Å². The summed E-state index contributed by atoms with van der Waals surface area (Å²) in [7, 11) is 1.91. The third-order valence-electron chi connectivity index (χ3n) is 3.06. The number of halogens is 1. The van der Waals surface area contributed by atoms with Crippen molar-refractivity contribution in [2.24, 2.45) is 0 Å². The number of anilines is 1. The van der Waals surface area contributed by atoms with E-state index in [9.17, 15) is 9.65 Å². The minimum atomic E-state index is -0.241. The predicted octanol–water partition coefficient (Wildman–Crippen LogP) is 4.06. The zero-order chi connectivity index (χ0) is 14.5. The molecule has 0 radical (unpaired) electrons. The lowest BCUT2D eigenvalue weighted by atomic mass is 10.1. The van der Waals surface area contributed by atoms with Crippen LogP contribution in [-0.2, 0) is 6.54 Å². The van der Waals surface area contributed by atoms with Crippen molar-refractivity contribution in [3.05, 3.63) is 59.4 Å². The molecule has 2 aromatic carbocycles. The van der Waals surface area contributed by atoms with Crippen molar-refractivity contribution in [2.45, 2.75) is 11.4 Å². The Morgan fingerprint density at radius 1 is 1.25 bits per heavy atom. The van der Waals surface area contributed by atoms with Crippen LogP contribution in [0.25, 0.3) is 0 Å². The topological polar surface area (TPSA) is 27.0 Å². The van der Waals surface area contributed by atoms with Crippen LogP contribution in [0.2, 0.25) is 0 Å². The summed E-state index contributed by atoms with van der Waals surface area (Å²) in [6, 6.07) is 14.6. The van der Waals surface area contributed by atoms with Gasteiger partial charge in [0.15, 0.2) is 0 Å². The van der Waals surface area contributed by atoms with Gasteiger partial charge in [-0.3, -0.25) is 0 Å². The summed E-state index contributed by atoms with van der Waals surface area (Å²) in [5.41, 5.74) is 2.41. The molecule has 2 rings (SSSR count). The first-order valence-corrected chi connectivity index (χ1v) is 7.41. The van der Waals surface area contributed by atoms with Gasteiger partial charge in [-0.2, -0.15) is 5.26 Å². The molecular formula is C16H15FN2S. The van der Waals surface area contributed by atoms with Crippen LogP contribution in [0, 0.1) is 17.1 Å². The molecule has 0 aliphatic heterocycles. The molecule has 0 fully saturated rings. The highest BCUT2D eigenvalue weighted by Gasteiger charge is 2.11. The summed E-state index contributed by atoms with van der Waals surface area (Å²) in [6.45, 7) is 0.560. The summed E-state index contributed by atoms with van der Waals surface area (Å²) < 4.78 is 13.2. The number of nitrogens with zero attached hydrogens (tertiary/aromatic N) is 2. The van der Waals surface area contributed by atoms with E-state index >= 15 is 0 Å². The maximum absolute atomic E-state index is 13.2. The molecule has 0 aromatic heterocycles. The normalized spacial score (nSPS) is 10.1. The second kappa shape index (κ2) is 6.44. The van der Waals surface area contributed by atoms with Crippen molar-refractivity contribution in [1.29, 1.82) is 5.26 Å². The SMILES string of the molecule is CSc1cccc(N(C)Cc2cccc(F)c2)c1C#N. The molecule has 2 aromatic rings. The molecule has 2 nitrogen and oxygen atoms in total. The van der Waals surface area contributed by atoms with E-state index in [1.807, 2.05) is 42.5 Å². The van der Waals surface area contributed by atoms with Crippen LogP contribution in [0.15, 0.2) is 47.4 Å². The lowest BCUT2D eigenvalue weighted by Gasteiger charge is -2.21. The smallest absolute Gasteiger partial charge is 0.123 e. The highest BCUT2D eigenvalue weighted by Crippen LogP contribution is 2.29. The summed E-state index contributed by atoms with van der Waals surface area (Å²) in [4.78, 5) is 2.92. The monoisotopic (exact) mass is 286 g/mol. The lowest BCUT2D eigenvalue weighted by molar-refractivity contribution is 0.625. The Labute approximate surface area is 122 Å². The van der Waals surface area contributed by atoms with Gasteiger partial charge < -0.3 is 4.90 Å². The molecule has 0 bridgehead atoms. The van der Waals surface area contributed by atoms with Crippen molar-refractivity contribution >= 4 is 17.4 Å². The van der Waals surface area contributed by atoms with Crippen LogP contribution in [0.5, 0.6) is 0 Å². The third kappa shape index (κ3) is 3.12. The van der Waals surface area contributed by atoms with Crippen molar-refractivity contribution in [3.8, 4) is 6.07 Å². The van der Waals surface area contributed by atoms with Crippen LogP contribution in [-0.4, -0.2) is 13.3 Å². The second-order valence-corrected chi connectivity index (χ2v) is 5.30. The summed E-state index contributed by atoms with van der Waals surface area (Å²) in [5.74, 6) is -0.241. The van der Waals surface area contributed by atoms with Gasteiger partial charge in [-0.15, -0.1) is 11.8 Å². The summed E-state index contributed by atoms with van der Waals surface area (Å²) >= 11 is 1.55. The molecule has 0 heterocycles. The average molecular weight is 286 g/mol. The third-order valence-corrected chi connectivity index (χ3v) is 3.84. The number of thioether (sulfide) groups is 1. The van der Waals surface area contributed by atoms with E-state index in [-0.39, 0.29) is 5.82 Å². The number of benzene rings is 2. The number of hydrogen-bond acceptors (Lipinski definition) is 3. The van der Waals surface area contributed by atoms with Crippen LogP contribution >= 0.6 is 11.8 Å². The maximum Gasteiger partial charge on any atom is 0.123 e. The van der Waals surface area contributed by atoms with Crippen molar-refractivity contribution in [2.75, 3.05) is 18.2 Å². The minimum absolute atomic E-state index is 0.241. The van der Waals surface area contributed by atoms with E-state index < -0.39 is 0 Å². The van der Waals surface area contributed by atoms with Crippen LogP contribution < -0.4 is 4.90 Å². The van der Waals surface area contributed by atoms with Crippen LogP contribution in [0.1, 0.15) is 11.1 Å². The largest absolute Gasteiger partial charge is 0.369 e. The van der Waals surface area contributed by atoms with Crippen molar-refractivity contribution < 1.29 is 4.39 Å². The molecule has 4 heteroatoms. The quantitative estimate of drug-likeness (QED) is 0.793. The number of hydrogen-bond donors (Lipinski definition) is 0. The van der Waals surface area contributed by atoms with Gasteiger partial charge in [0, 0.05) is 18.5 Å². The van der Waals surface area contributed by atoms with E-state index in [2.05, 4.69) is 6.07 Å². The zero-order valence-electron chi connectivity index (χ0n) is 11.4. The van der Waals surface area contributed by atoms with Gasteiger partial charge >= 0.3 is 0 Å². The number of nitriles is 1. The fourth-order valence-electron chi connectivity index (χ4n) is 2.11. The molecule has 0 N–H and O–H groups in total. The van der Waals surface area contributed by atoms with Crippen molar-refractivity contribution in [3.63, 3.8) is 0 Å². The molecule has 0 saturated heterocycles. The number of rotatable bonds is 4. The Kier molecular flexibility index (Phi) is 4.65. The van der Waals surface area contributed by atoms with Gasteiger partial charge in [-0.1, -0.05) is 18.2 Å². The first kappa shape index (κ1) is 14.4. The first-order chi connectivity index (χ1) is 9.65. The molecule has 0 aliphatic rings. The Balaban J connectivity index is 2.30. The van der Waals surface area contributed by atoms with Gasteiger partial charge in [0.05, 0.1) is 11.3 Å². The standard InChI is InChI=1S/C16H15FN2S/c1-19(11-12-5-3-6-13(17)9-12)15-7-4-8-16(20-2)14(15)10-18/h3-9H,11H2,1-2H3. The highest BCUT2D eigenvalue weighted by atomic mass is 32.2. The molecule has 102 valence electrons. The first-order valence-electron chi connectivity index (χ1n) is 6.18. The fraction of sp³-hybridized carbons (Fsp3) is 0.188. The molecule has 0 aliphatic carbocycles. The van der Waals surface area contributed by atoms with Crippen LogP contribution in [0.4, 0.5) is 10.1 Å². The molecule has 0 saturated carbocycles. The summed E-state index contributed by atoms with van der Waals surface area (Å²) in [5, 5.41) is 9.34. The molecule has 0 amide bonds. The Morgan fingerprint density at radius 2 is 2.00 bits per heavy atom. The van der Waals surface area contributed by atoms with E-state index in [1.54, 1.807) is 17.8 Å². The van der Waals surface area contributed by atoms with Gasteiger partial charge in [-0.25, -0.2) is 4.39 Å². The maximum atomic E-state index is 13.2.